The molecule has 3 heterocycles. The first kappa shape index (κ1) is 16.3. The van der Waals surface area contributed by atoms with Crippen molar-refractivity contribution in [3.8, 4) is 0 Å². The van der Waals surface area contributed by atoms with Crippen LogP contribution in [0.5, 0.6) is 0 Å². The highest BCUT2D eigenvalue weighted by Gasteiger charge is 2.30. The van der Waals surface area contributed by atoms with E-state index in [0.717, 1.165) is 57.6 Å². The molecule has 1 atom stereocenters. The fourth-order valence-corrected chi connectivity index (χ4v) is 3.61. The van der Waals surface area contributed by atoms with Gasteiger partial charge >= 0.3 is 0 Å². The van der Waals surface area contributed by atoms with E-state index in [0.29, 0.717) is 6.54 Å². The van der Waals surface area contributed by atoms with E-state index in [2.05, 4.69) is 9.88 Å². The first-order valence-corrected chi connectivity index (χ1v) is 8.49. The Hall–Kier alpha value is -1.56. The Bertz CT molecular complexity index is 561. The zero-order valence-corrected chi connectivity index (χ0v) is 13.3. The van der Waals surface area contributed by atoms with Crippen LogP contribution >= 0.6 is 0 Å². The Balaban J connectivity index is 1.68. The van der Waals surface area contributed by atoms with E-state index in [-0.39, 0.29) is 11.7 Å². The third-order valence-electron chi connectivity index (χ3n) is 4.88. The van der Waals surface area contributed by atoms with E-state index in [9.17, 15) is 13.6 Å². The number of likely N-dealkylation sites (tertiary alicyclic amines) is 2. The molecule has 0 aliphatic carbocycles. The quantitative estimate of drug-likeness (QED) is 0.855. The molecule has 1 aromatic rings. The van der Waals surface area contributed by atoms with Crippen LogP contribution in [0.2, 0.25) is 0 Å². The summed E-state index contributed by atoms with van der Waals surface area (Å²) in [5, 5.41) is 0. The number of halogens is 2. The molecule has 0 bridgehead atoms. The van der Waals surface area contributed by atoms with Crippen molar-refractivity contribution in [3.63, 3.8) is 0 Å². The van der Waals surface area contributed by atoms with Gasteiger partial charge in [-0.25, -0.2) is 13.8 Å². The third kappa shape index (κ3) is 3.86. The summed E-state index contributed by atoms with van der Waals surface area (Å²) < 4.78 is 26.8. The molecule has 23 heavy (non-hydrogen) atoms. The third-order valence-corrected chi connectivity index (χ3v) is 4.88. The van der Waals surface area contributed by atoms with E-state index in [1.165, 1.54) is 12.8 Å². The van der Waals surface area contributed by atoms with Crippen LogP contribution in [0.4, 0.5) is 8.78 Å². The van der Waals surface area contributed by atoms with Gasteiger partial charge in [-0.15, -0.1) is 0 Å². The Morgan fingerprint density at radius 3 is 2.65 bits per heavy atom. The largest absolute Gasteiger partial charge is 0.334 e. The van der Waals surface area contributed by atoms with Gasteiger partial charge < -0.3 is 9.80 Å². The van der Waals surface area contributed by atoms with Gasteiger partial charge in [0.05, 0.1) is 6.20 Å². The number of piperidine rings is 1. The van der Waals surface area contributed by atoms with E-state index in [1.807, 2.05) is 0 Å². The maximum atomic E-state index is 13.9. The molecule has 0 spiro atoms. The van der Waals surface area contributed by atoms with E-state index in [1.54, 1.807) is 4.90 Å². The highest BCUT2D eigenvalue weighted by molar-refractivity contribution is 5.92. The lowest BCUT2D eigenvalue weighted by Crippen LogP contribution is -2.45. The smallest absolute Gasteiger partial charge is 0.275 e. The van der Waals surface area contributed by atoms with Gasteiger partial charge in [-0.2, -0.15) is 0 Å². The number of amides is 1. The molecule has 0 aromatic carbocycles. The highest BCUT2D eigenvalue weighted by Crippen LogP contribution is 2.23. The van der Waals surface area contributed by atoms with E-state index < -0.39 is 17.5 Å². The molecule has 3 rings (SSSR count). The van der Waals surface area contributed by atoms with Gasteiger partial charge in [0.25, 0.3) is 5.91 Å². The molecule has 2 saturated heterocycles. The van der Waals surface area contributed by atoms with Gasteiger partial charge in [0.15, 0.2) is 11.5 Å². The number of carbonyl (C=O) groups excluding carboxylic acids is 1. The molecule has 1 amide bonds. The molecule has 2 aliphatic heterocycles. The molecular formula is C17H23F2N3O. The second kappa shape index (κ2) is 7.34. The van der Waals surface area contributed by atoms with Crippen LogP contribution in [0, 0.1) is 11.6 Å². The zero-order valence-electron chi connectivity index (χ0n) is 13.3. The van der Waals surface area contributed by atoms with Gasteiger partial charge in [0, 0.05) is 25.2 Å². The average Bonchev–Trinajstić information content (AvgIpc) is 3.06. The second-order valence-corrected chi connectivity index (χ2v) is 6.47. The van der Waals surface area contributed by atoms with Crippen LogP contribution in [0.15, 0.2) is 12.3 Å². The zero-order chi connectivity index (χ0) is 16.2. The molecule has 2 fully saturated rings. The van der Waals surface area contributed by atoms with Crippen LogP contribution in [0.25, 0.3) is 0 Å². The molecular weight excluding hydrogens is 300 g/mol. The standard InChI is InChI=1S/C17H23F2N3O/c18-13-11-15(19)16(20-12-13)17(23)22-9-2-1-5-14(22)6-10-21-7-3-4-8-21/h11-12,14H,1-10H2/t14-/m0/s1. The minimum absolute atomic E-state index is 0.128. The summed E-state index contributed by atoms with van der Waals surface area (Å²) in [5.41, 5.74) is -0.264. The summed E-state index contributed by atoms with van der Waals surface area (Å²) in [6.45, 7) is 3.87. The van der Waals surface area contributed by atoms with E-state index >= 15 is 0 Å². The van der Waals surface area contributed by atoms with Crippen LogP contribution in [-0.4, -0.2) is 52.9 Å². The molecule has 6 heteroatoms. The summed E-state index contributed by atoms with van der Waals surface area (Å²) in [6.07, 6.45) is 7.27. The maximum absolute atomic E-state index is 13.9. The summed E-state index contributed by atoms with van der Waals surface area (Å²) in [7, 11) is 0. The molecule has 126 valence electrons. The maximum Gasteiger partial charge on any atom is 0.275 e. The monoisotopic (exact) mass is 323 g/mol. The van der Waals surface area contributed by atoms with Crippen molar-refractivity contribution in [1.82, 2.24) is 14.8 Å². The number of carbonyl (C=O) groups is 1. The fourth-order valence-electron chi connectivity index (χ4n) is 3.61. The number of rotatable bonds is 4. The lowest BCUT2D eigenvalue weighted by atomic mass is 9.98. The lowest BCUT2D eigenvalue weighted by molar-refractivity contribution is 0.0576. The van der Waals surface area contributed by atoms with Gasteiger partial charge in [0.1, 0.15) is 5.82 Å². The van der Waals surface area contributed by atoms with Crippen molar-refractivity contribution in [2.24, 2.45) is 0 Å². The van der Waals surface area contributed by atoms with Crippen molar-refractivity contribution >= 4 is 5.91 Å². The fraction of sp³-hybridized carbons (Fsp3) is 0.647. The van der Waals surface area contributed by atoms with Crippen LogP contribution in [0.1, 0.15) is 49.0 Å². The van der Waals surface area contributed by atoms with Crippen LogP contribution in [-0.2, 0) is 0 Å². The summed E-state index contributed by atoms with van der Waals surface area (Å²) in [4.78, 5) is 20.5. The number of hydrogen-bond donors (Lipinski definition) is 0. The number of aromatic nitrogens is 1. The van der Waals surface area contributed by atoms with Crippen molar-refractivity contribution in [1.29, 1.82) is 0 Å². The predicted molar refractivity (Wildman–Crippen MR) is 83.1 cm³/mol. The van der Waals surface area contributed by atoms with Crippen molar-refractivity contribution in [2.75, 3.05) is 26.2 Å². The van der Waals surface area contributed by atoms with Gasteiger partial charge in [-0.3, -0.25) is 4.79 Å². The Kier molecular flexibility index (Phi) is 5.20. The first-order valence-electron chi connectivity index (χ1n) is 8.49. The molecule has 0 unspecified atom stereocenters. The number of nitrogens with zero attached hydrogens (tertiary/aromatic N) is 3. The van der Waals surface area contributed by atoms with Crippen molar-refractivity contribution < 1.29 is 13.6 Å². The second-order valence-electron chi connectivity index (χ2n) is 6.47. The molecule has 0 N–H and O–H groups in total. The molecule has 0 saturated carbocycles. The van der Waals surface area contributed by atoms with Crippen molar-refractivity contribution in [2.45, 2.75) is 44.6 Å². The average molecular weight is 323 g/mol. The lowest BCUT2D eigenvalue weighted by Gasteiger charge is -2.36. The summed E-state index contributed by atoms with van der Waals surface area (Å²) in [6, 6.07) is 0.853. The van der Waals surface area contributed by atoms with Gasteiger partial charge in [-0.1, -0.05) is 0 Å². The van der Waals surface area contributed by atoms with Gasteiger partial charge in [-0.05, 0) is 51.6 Å². The molecule has 2 aliphatic rings. The minimum atomic E-state index is -0.876. The minimum Gasteiger partial charge on any atom is -0.334 e. The van der Waals surface area contributed by atoms with Crippen LogP contribution in [0.3, 0.4) is 0 Å². The summed E-state index contributed by atoms with van der Waals surface area (Å²) in [5.74, 6) is -2.05. The molecule has 1 aromatic heterocycles. The summed E-state index contributed by atoms with van der Waals surface area (Å²) >= 11 is 0. The van der Waals surface area contributed by atoms with Crippen LogP contribution < -0.4 is 0 Å². The Morgan fingerprint density at radius 1 is 1.17 bits per heavy atom. The Labute approximate surface area is 135 Å². The molecule has 0 radical (unpaired) electrons. The first-order chi connectivity index (χ1) is 11.1. The van der Waals surface area contributed by atoms with Gasteiger partial charge in [0.2, 0.25) is 0 Å². The normalized spacial score (nSPS) is 22.5. The Morgan fingerprint density at radius 2 is 1.91 bits per heavy atom. The molecule has 4 nitrogen and oxygen atoms in total. The van der Waals surface area contributed by atoms with E-state index in [4.69, 9.17) is 0 Å². The topological polar surface area (TPSA) is 36.4 Å². The number of pyridine rings is 1. The highest BCUT2D eigenvalue weighted by atomic mass is 19.1. The SMILES string of the molecule is O=C(c1ncc(F)cc1F)N1CCCC[C@H]1CCN1CCCC1. The van der Waals surface area contributed by atoms with Crippen molar-refractivity contribution in [3.05, 3.63) is 29.6 Å². The predicted octanol–water partition coefficient (Wildman–Crippen LogP) is 2.84. The number of hydrogen-bond acceptors (Lipinski definition) is 3.